The Morgan fingerprint density at radius 1 is 0.906 bits per heavy atom. The number of ether oxygens (including phenoxy) is 1. The van der Waals surface area contributed by atoms with Crippen LogP contribution in [0, 0.1) is 0 Å². The van der Waals surface area contributed by atoms with E-state index in [1.165, 1.54) is 41.8 Å². The molecule has 4 rings (SSSR count). The van der Waals surface area contributed by atoms with Crippen molar-refractivity contribution in [1.29, 1.82) is 0 Å². The highest BCUT2D eigenvalue weighted by atomic mass is 16.5. The van der Waals surface area contributed by atoms with Crippen molar-refractivity contribution in [2.24, 2.45) is 0 Å². The molecule has 3 heteroatoms. The molecular weight excluding hydrogens is 392 g/mol. The molecule has 3 aromatic carbocycles. The predicted molar refractivity (Wildman–Crippen MR) is 134 cm³/mol. The fourth-order valence-electron chi connectivity index (χ4n) is 4.26. The maximum atomic E-state index is 5.36. The van der Waals surface area contributed by atoms with Gasteiger partial charge in [0, 0.05) is 25.7 Å². The third-order valence-electron chi connectivity index (χ3n) is 6.50. The number of nitrogens with zero attached hydrogens (tertiary/aromatic N) is 2. The van der Waals surface area contributed by atoms with Gasteiger partial charge in [-0.25, -0.2) is 0 Å². The van der Waals surface area contributed by atoms with Gasteiger partial charge in [-0.3, -0.25) is 4.90 Å². The molecular formula is C29H34N2O. The molecule has 0 aliphatic carbocycles. The largest absolute Gasteiger partial charge is 0.497 e. The number of hydrogen-bond donors (Lipinski definition) is 0. The third-order valence-corrected chi connectivity index (χ3v) is 6.50. The van der Waals surface area contributed by atoms with Gasteiger partial charge in [0.15, 0.2) is 0 Å². The molecule has 1 saturated heterocycles. The number of likely N-dealkylation sites (tertiary alicyclic amines) is 1. The topological polar surface area (TPSA) is 15.7 Å². The van der Waals surface area contributed by atoms with E-state index in [0.717, 1.165) is 25.4 Å². The van der Waals surface area contributed by atoms with Crippen LogP contribution < -0.4 is 4.74 Å². The summed E-state index contributed by atoms with van der Waals surface area (Å²) in [7, 11) is 1.72. The maximum absolute atomic E-state index is 5.36. The van der Waals surface area contributed by atoms with Crippen LogP contribution in [0.2, 0.25) is 0 Å². The second kappa shape index (κ2) is 11.1. The van der Waals surface area contributed by atoms with E-state index in [9.17, 15) is 0 Å². The molecule has 0 saturated carbocycles. The van der Waals surface area contributed by atoms with Gasteiger partial charge in [-0.2, -0.15) is 0 Å². The molecule has 0 spiro atoms. The molecule has 1 heterocycles. The van der Waals surface area contributed by atoms with Crippen LogP contribution >= 0.6 is 0 Å². The summed E-state index contributed by atoms with van der Waals surface area (Å²) in [6, 6.07) is 30.3. The molecule has 3 aromatic rings. The van der Waals surface area contributed by atoms with Crippen molar-refractivity contribution in [3.63, 3.8) is 0 Å². The molecule has 1 aliphatic rings. The highest BCUT2D eigenvalue weighted by molar-refractivity contribution is 5.79. The van der Waals surface area contributed by atoms with E-state index < -0.39 is 0 Å². The van der Waals surface area contributed by atoms with Crippen LogP contribution in [0.15, 0.2) is 91.0 Å². The van der Waals surface area contributed by atoms with E-state index >= 15 is 0 Å². The molecule has 0 bridgehead atoms. The van der Waals surface area contributed by atoms with Gasteiger partial charge < -0.3 is 9.64 Å². The van der Waals surface area contributed by atoms with Crippen molar-refractivity contribution >= 4 is 5.57 Å². The first-order valence-corrected chi connectivity index (χ1v) is 11.7. The van der Waals surface area contributed by atoms with Crippen molar-refractivity contribution in [1.82, 2.24) is 9.80 Å². The molecule has 0 N–H and O–H groups in total. The molecule has 0 amide bonds. The summed E-state index contributed by atoms with van der Waals surface area (Å²) in [4.78, 5) is 5.14. The highest BCUT2D eigenvalue weighted by Crippen LogP contribution is 2.26. The lowest BCUT2D eigenvalue weighted by molar-refractivity contribution is 0.137. The van der Waals surface area contributed by atoms with E-state index in [1.807, 2.05) is 0 Å². The van der Waals surface area contributed by atoms with Crippen molar-refractivity contribution in [3.05, 3.63) is 108 Å². The monoisotopic (exact) mass is 426 g/mol. The highest BCUT2D eigenvalue weighted by Gasteiger charge is 2.19. The fourth-order valence-corrected chi connectivity index (χ4v) is 4.26. The zero-order chi connectivity index (χ0) is 22.2. The van der Waals surface area contributed by atoms with Gasteiger partial charge in [0.05, 0.1) is 7.11 Å². The van der Waals surface area contributed by atoms with Gasteiger partial charge in [0.1, 0.15) is 5.75 Å². The van der Waals surface area contributed by atoms with Crippen LogP contribution in [0.25, 0.3) is 5.57 Å². The fraction of sp³-hybridized carbons (Fsp3) is 0.310. The van der Waals surface area contributed by atoms with Gasteiger partial charge in [-0.15, -0.1) is 0 Å². The molecule has 1 fully saturated rings. The molecule has 3 nitrogen and oxygen atoms in total. The van der Waals surface area contributed by atoms with Gasteiger partial charge in [0.25, 0.3) is 0 Å². The lowest BCUT2D eigenvalue weighted by atomic mass is 9.97. The predicted octanol–water partition coefficient (Wildman–Crippen LogP) is 5.90. The van der Waals surface area contributed by atoms with Crippen LogP contribution in [-0.4, -0.2) is 49.6 Å². The first-order valence-electron chi connectivity index (χ1n) is 11.7. The van der Waals surface area contributed by atoms with Crippen molar-refractivity contribution in [2.45, 2.75) is 19.4 Å². The first kappa shape index (κ1) is 22.3. The Hall–Kier alpha value is -2.88. The molecule has 1 aliphatic heterocycles. The maximum Gasteiger partial charge on any atom is 0.118 e. The molecule has 32 heavy (non-hydrogen) atoms. The zero-order valence-electron chi connectivity index (χ0n) is 19.3. The SMILES string of the molecule is COc1ccc([C@@H](C)N(CC=C(c2ccccc2)c2ccccc2)CCN2CCC2)cc1. The van der Waals surface area contributed by atoms with Crippen molar-refractivity contribution in [3.8, 4) is 5.75 Å². The zero-order valence-corrected chi connectivity index (χ0v) is 19.3. The summed E-state index contributed by atoms with van der Waals surface area (Å²) in [5.74, 6) is 0.906. The Morgan fingerprint density at radius 2 is 1.50 bits per heavy atom. The molecule has 0 aromatic heterocycles. The van der Waals surface area contributed by atoms with Gasteiger partial charge in [-0.1, -0.05) is 78.9 Å². The van der Waals surface area contributed by atoms with Gasteiger partial charge in [0.2, 0.25) is 0 Å². The Balaban J connectivity index is 1.59. The van der Waals surface area contributed by atoms with E-state index in [0.29, 0.717) is 6.04 Å². The first-order chi connectivity index (χ1) is 15.7. The number of rotatable bonds is 10. The lowest BCUT2D eigenvalue weighted by Crippen LogP contribution is -2.43. The minimum Gasteiger partial charge on any atom is -0.497 e. The Labute approximate surface area is 192 Å². The average Bonchev–Trinajstić information content (AvgIpc) is 2.83. The smallest absolute Gasteiger partial charge is 0.118 e. The number of hydrogen-bond acceptors (Lipinski definition) is 3. The quantitative estimate of drug-likeness (QED) is 0.402. The van der Waals surface area contributed by atoms with E-state index in [1.54, 1.807) is 7.11 Å². The molecule has 1 atom stereocenters. The summed E-state index contributed by atoms with van der Waals surface area (Å²) in [5, 5.41) is 0. The standard InChI is InChI=1S/C29H34N2O/c1-24(25-14-16-28(32-2)17-15-25)31(23-22-30-19-9-20-30)21-18-29(26-10-5-3-6-11-26)27-12-7-4-8-13-27/h3-8,10-18,24H,9,19-23H2,1-2H3/t24-/m1/s1. The van der Waals surface area contributed by atoms with Crippen LogP contribution in [0.1, 0.15) is 36.1 Å². The second-order valence-electron chi connectivity index (χ2n) is 8.49. The van der Waals surface area contributed by atoms with Crippen LogP contribution in [0.5, 0.6) is 5.75 Å². The summed E-state index contributed by atoms with van der Waals surface area (Å²) >= 11 is 0. The molecule has 0 radical (unpaired) electrons. The second-order valence-corrected chi connectivity index (χ2v) is 8.49. The van der Waals surface area contributed by atoms with Crippen molar-refractivity contribution < 1.29 is 4.74 Å². The Kier molecular flexibility index (Phi) is 7.76. The van der Waals surface area contributed by atoms with Crippen LogP contribution in [0.3, 0.4) is 0 Å². The van der Waals surface area contributed by atoms with E-state index in [-0.39, 0.29) is 0 Å². The van der Waals surface area contributed by atoms with Crippen LogP contribution in [-0.2, 0) is 0 Å². The summed E-state index contributed by atoms with van der Waals surface area (Å²) in [6.07, 6.45) is 3.74. The molecule has 0 unspecified atom stereocenters. The summed E-state index contributed by atoms with van der Waals surface area (Å²) < 4.78 is 5.36. The Morgan fingerprint density at radius 3 is 2.00 bits per heavy atom. The summed E-state index contributed by atoms with van der Waals surface area (Å²) in [6.45, 7) is 7.87. The van der Waals surface area contributed by atoms with E-state index in [4.69, 9.17) is 4.74 Å². The average molecular weight is 427 g/mol. The Bertz CT molecular complexity index is 937. The summed E-state index contributed by atoms with van der Waals surface area (Å²) in [5.41, 5.74) is 5.14. The number of benzene rings is 3. The lowest BCUT2D eigenvalue weighted by Gasteiger charge is -2.35. The van der Waals surface area contributed by atoms with Crippen molar-refractivity contribution in [2.75, 3.05) is 39.8 Å². The minimum atomic E-state index is 0.325. The minimum absolute atomic E-state index is 0.325. The normalized spacial score (nSPS) is 14.6. The number of methoxy groups -OCH3 is 1. The van der Waals surface area contributed by atoms with Gasteiger partial charge in [-0.05, 0) is 60.8 Å². The van der Waals surface area contributed by atoms with Gasteiger partial charge >= 0.3 is 0 Å². The van der Waals surface area contributed by atoms with E-state index in [2.05, 4.69) is 108 Å². The molecule has 166 valence electrons. The van der Waals surface area contributed by atoms with Crippen LogP contribution in [0.4, 0.5) is 0 Å². The third kappa shape index (κ3) is 5.67.